The third-order valence-electron chi connectivity index (χ3n) is 3.44. The van der Waals surface area contributed by atoms with Gasteiger partial charge >= 0.3 is 5.97 Å². The Bertz CT molecular complexity index is 586. The van der Waals surface area contributed by atoms with Gasteiger partial charge in [0.15, 0.2) is 0 Å². The van der Waals surface area contributed by atoms with Crippen molar-refractivity contribution in [1.29, 1.82) is 0 Å². The number of aliphatic hydroxyl groups is 1. The molecule has 1 heterocycles. The van der Waals surface area contributed by atoms with Crippen LogP contribution in [0.3, 0.4) is 0 Å². The highest BCUT2D eigenvalue weighted by Gasteiger charge is 2.28. The Morgan fingerprint density at radius 2 is 2.06 bits per heavy atom. The molecule has 0 radical (unpaired) electrons. The van der Waals surface area contributed by atoms with E-state index >= 15 is 0 Å². The largest absolute Gasteiger partial charge is 0.512 e. The lowest BCUT2D eigenvalue weighted by Gasteiger charge is -2.35. The predicted molar refractivity (Wildman–Crippen MR) is 67.8 cm³/mol. The molecule has 0 aromatic heterocycles. The van der Waals surface area contributed by atoms with Crippen molar-refractivity contribution in [1.82, 2.24) is 4.90 Å². The van der Waals surface area contributed by atoms with E-state index in [1.165, 1.54) is 5.56 Å². The van der Waals surface area contributed by atoms with Crippen LogP contribution in [0.1, 0.15) is 17.5 Å². The van der Waals surface area contributed by atoms with Crippen LogP contribution in [0.25, 0.3) is 11.8 Å². The van der Waals surface area contributed by atoms with Crippen LogP contribution in [-0.2, 0) is 4.79 Å². The Labute approximate surface area is 104 Å². The maximum Gasteiger partial charge on any atom is 0.336 e. The summed E-state index contributed by atoms with van der Waals surface area (Å²) in [6.07, 6.45) is 2.44. The highest BCUT2D eigenvalue weighted by atomic mass is 16.4. The molecule has 0 unspecified atom stereocenters. The van der Waals surface area contributed by atoms with E-state index in [0.29, 0.717) is 13.0 Å². The molecular weight excluding hydrogens is 230 g/mol. The van der Waals surface area contributed by atoms with Crippen LogP contribution >= 0.6 is 0 Å². The van der Waals surface area contributed by atoms with Gasteiger partial charge in [-0.3, -0.25) is 0 Å². The maximum absolute atomic E-state index is 11.0. The van der Waals surface area contributed by atoms with E-state index in [1.54, 1.807) is 0 Å². The molecule has 0 atom stereocenters. The first-order valence-corrected chi connectivity index (χ1v) is 5.87. The molecule has 0 fully saturated rings. The topological polar surface area (TPSA) is 60.8 Å². The molecule has 2 N–H and O–H groups in total. The van der Waals surface area contributed by atoms with Gasteiger partial charge in [0.05, 0.1) is 12.1 Å². The number of carboxylic acids is 1. The fourth-order valence-corrected chi connectivity index (χ4v) is 2.41. The van der Waals surface area contributed by atoms with E-state index in [4.69, 9.17) is 5.11 Å². The fraction of sp³-hybridized carbons (Fsp3) is 0.214. The smallest absolute Gasteiger partial charge is 0.336 e. The minimum atomic E-state index is -1.04. The molecule has 4 nitrogen and oxygen atoms in total. The Morgan fingerprint density at radius 1 is 1.28 bits per heavy atom. The zero-order valence-corrected chi connectivity index (χ0v) is 9.76. The van der Waals surface area contributed by atoms with Gasteiger partial charge in [0.2, 0.25) is 0 Å². The van der Waals surface area contributed by atoms with Gasteiger partial charge in [-0.05, 0) is 11.6 Å². The standard InChI is InChI=1S/C14H13NO3/c16-13-5-6-15(8-11(13)14(17)18)12-7-9-3-1-2-4-10(9)12/h1-4,7,16H,5-6,8H2,(H,17,18). The van der Waals surface area contributed by atoms with E-state index in [1.807, 2.05) is 29.2 Å². The Balaban J connectivity index is 1.84. The number of carboxylic acid groups (broad SMARTS) is 1. The molecule has 1 aromatic carbocycles. The molecule has 1 aliphatic heterocycles. The third-order valence-corrected chi connectivity index (χ3v) is 3.44. The first kappa shape index (κ1) is 10.9. The molecule has 0 bridgehead atoms. The van der Waals surface area contributed by atoms with E-state index in [-0.39, 0.29) is 17.9 Å². The van der Waals surface area contributed by atoms with Gasteiger partial charge in [0, 0.05) is 24.2 Å². The summed E-state index contributed by atoms with van der Waals surface area (Å²) in [6, 6.07) is 8.02. The van der Waals surface area contributed by atoms with Crippen molar-refractivity contribution in [2.24, 2.45) is 0 Å². The zero-order chi connectivity index (χ0) is 12.7. The summed E-state index contributed by atoms with van der Waals surface area (Å²) in [5.41, 5.74) is 3.51. The number of carbonyl (C=O) groups is 1. The average Bonchev–Trinajstić information content (AvgIpc) is 2.32. The summed E-state index contributed by atoms with van der Waals surface area (Å²) in [7, 11) is 0. The van der Waals surface area contributed by atoms with E-state index in [2.05, 4.69) is 6.08 Å². The van der Waals surface area contributed by atoms with Crippen LogP contribution in [0.5, 0.6) is 0 Å². The van der Waals surface area contributed by atoms with Crippen molar-refractivity contribution < 1.29 is 15.0 Å². The number of hydrogen-bond acceptors (Lipinski definition) is 3. The number of hydrogen-bond donors (Lipinski definition) is 2. The number of rotatable bonds is 2. The summed E-state index contributed by atoms with van der Waals surface area (Å²) in [5, 5.41) is 18.6. The van der Waals surface area contributed by atoms with E-state index in [0.717, 1.165) is 11.3 Å². The van der Waals surface area contributed by atoms with Crippen molar-refractivity contribution >= 4 is 17.7 Å². The maximum atomic E-state index is 11.0. The Hall–Kier alpha value is -2.23. The summed E-state index contributed by atoms with van der Waals surface area (Å²) in [6.45, 7) is 0.921. The van der Waals surface area contributed by atoms with Gasteiger partial charge in [0.1, 0.15) is 5.76 Å². The van der Waals surface area contributed by atoms with Gasteiger partial charge in [0.25, 0.3) is 0 Å². The highest BCUT2D eigenvalue weighted by Crippen LogP contribution is 2.36. The molecule has 0 saturated carbocycles. The van der Waals surface area contributed by atoms with Crippen molar-refractivity contribution in [3.63, 3.8) is 0 Å². The number of nitrogens with zero attached hydrogens (tertiary/aromatic N) is 1. The van der Waals surface area contributed by atoms with Crippen molar-refractivity contribution in [3.8, 4) is 0 Å². The van der Waals surface area contributed by atoms with Crippen LogP contribution in [0.15, 0.2) is 35.6 Å². The summed E-state index contributed by atoms with van der Waals surface area (Å²) >= 11 is 0. The molecular formula is C14H13NO3. The van der Waals surface area contributed by atoms with Gasteiger partial charge in [-0.25, -0.2) is 4.79 Å². The zero-order valence-electron chi connectivity index (χ0n) is 9.76. The quantitative estimate of drug-likeness (QED) is 0.835. The van der Waals surface area contributed by atoms with Crippen molar-refractivity contribution in [2.45, 2.75) is 6.42 Å². The lowest BCUT2D eigenvalue weighted by molar-refractivity contribution is -0.133. The molecule has 3 rings (SSSR count). The van der Waals surface area contributed by atoms with Gasteiger partial charge in [-0.2, -0.15) is 0 Å². The molecule has 1 aromatic rings. The fourth-order valence-electron chi connectivity index (χ4n) is 2.41. The van der Waals surface area contributed by atoms with Crippen LogP contribution in [-0.4, -0.2) is 34.2 Å². The van der Waals surface area contributed by atoms with Gasteiger partial charge in [-0.15, -0.1) is 0 Å². The molecule has 4 heteroatoms. The van der Waals surface area contributed by atoms with Crippen LogP contribution in [0.2, 0.25) is 0 Å². The normalized spacial score (nSPS) is 18.0. The lowest BCUT2D eigenvalue weighted by atomic mass is 9.91. The summed E-state index contributed by atoms with van der Waals surface area (Å²) in [5.74, 6) is -1.03. The predicted octanol–water partition coefficient (Wildman–Crippen LogP) is 2.10. The minimum Gasteiger partial charge on any atom is -0.512 e. The monoisotopic (exact) mass is 243 g/mol. The Kier molecular flexibility index (Phi) is 2.37. The number of fused-ring (bicyclic) bond motifs is 1. The number of aliphatic hydroxyl groups excluding tert-OH is 1. The average molecular weight is 243 g/mol. The summed E-state index contributed by atoms with van der Waals surface area (Å²) in [4.78, 5) is 13.0. The van der Waals surface area contributed by atoms with Gasteiger partial charge in [-0.1, -0.05) is 24.3 Å². The van der Waals surface area contributed by atoms with E-state index < -0.39 is 5.97 Å². The third kappa shape index (κ3) is 1.57. The first-order chi connectivity index (χ1) is 8.66. The number of aliphatic carboxylic acids is 1. The van der Waals surface area contributed by atoms with Crippen molar-refractivity contribution in [2.75, 3.05) is 13.1 Å². The molecule has 0 saturated heterocycles. The molecule has 0 amide bonds. The molecule has 0 spiro atoms. The number of benzene rings is 1. The minimum absolute atomic E-state index is 0.00644. The van der Waals surface area contributed by atoms with Crippen molar-refractivity contribution in [3.05, 3.63) is 46.7 Å². The second kappa shape index (κ2) is 3.91. The van der Waals surface area contributed by atoms with Gasteiger partial charge < -0.3 is 15.1 Å². The molecule has 18 heavy (non-hydrogen) atoms. The van der Waals surface area contributed by atoms with E-state index in [9.17, 15) is 9.90 Å². The highest BCUT2D eigenvalue weighted by molar-refractivity contribution is 5.95. The lowest BCUT2D eigenvalue weighted by Crippen LogP contribution is -2.34. The summed E-state index contributed by atoms with van der Waals surface area (Å²) < 4.78 is 0. The Morgan fingerprint density at radius 3 is 2.78 bits per heavy atom. The van der Waals surface area contributed by atoms with Crippen LogP contribution in [0, 0.1) is 0 Å². The second-order valence-electron chi connectivity index (χ2n) is 4.52. The van der Waals surface area contributed by atoms with Crippen LogP contribution < -0.4 is 0 Å². The second-order valence-corrected chi connectivity index (χ2v) is 4.52. The SMILES string of the molecule is O=C(O)C1=C(O)CCN(C2=Cc3ccccc32)C1. The molecule has 92 valence electrons. The molecule has 2 aliphatic rings. The first-order valence-electron chi connectivity index (χ1n) is 5.87. The molecule has 1 aliphatic carbocycles. The van der Waals surface area contributed by atoms with Crippen LogP contribution in [0.4, 0.5) is 0 Å².